The van der Waals surface area contributed by atoms with E-state index in [1.54, 1.807) is 0 Å². The normalized spacial score (nSPS) is 22.0. The van der Waals surface area contributed by atoms with Crippen molar-refractivity contribution in [3.05, 3.63) is 0 Å². The van der Waals surface area contributed by atoms with Crippen molar-refractivity contribution < 1.29 is 9.59 Å². The van der Waals surface area contributed by atoms with Crippen molar-refractivity contribution in [3.63, 3.8) is 0 Å². The Hall–Kier alpha value is -1.06. The lowest BCUT2D eigenvalue weighted by Gasteiger charge is -2.26. The molecule has 3 N–H and O–H groups in total. The number of primary amides is 1. The zero-order valence-corrected chi connectivity index (χ0v) is 13.3. The largest absolute Gasteiger partial charge is 0.369 e. The van der Waals surface area contributed by atoms with Crippen molar-refractivity contribution in [1.82, 2.24) is 5.32 Å². The number of nitrogens with two attached hydrogens (primary N) is 1. The molecule has 0 aromatic heterocycles. The first-order valence-corrected chi connectivity index (χ1v) is 8.68. The molecular weight excluding hydrogens is 264 g/mol. The Balaban J connectivity index is 2.00. The van der Waals surface area contributed by atoms with Crippen LogP contribution in [0.3, 0.4) is 0 Å². The number of hydrogen-bond acceptors (Lipinski definition) is 2. The minimum absolute atomic E-state index is 0.0315. The van der Waals surface area contributed by atoms with Crippen LogP contribution in [0.4, 0.5) is 0 Å². The lowest BCUT2D eigenvalue weighted by Crippen LogP contribution is -2.41. The maximum absolute atomic E-state index is 12.4. The molecule has 2 amide bonds. The summed E-state index contributed by atoms with van der Waals surface area (Å²) in [5.41, 5.74) is 5.63. The van der Waals surface area contributed by atoms with Crippen molar-refractivity contribution in [2.45, 2.75) is 64.7 Å². The number of hydrogen-bond donors (Lipinski definition) is 2. The molecule has 2 saturated carbocycles. The molecule has 0 aromatic carbocycles. The Morgan fingerprint density at radius 1 is 1.10 bits per heavy atom. The van der Waals surface area contributed by atoms with E-state index in [0.717, 1.165) is 25.2 Å². The van der Waals surface area contributed by atoms with Crippen LogP contribution in [0.1, 0.15) is 64.7 Å². The van der Waals surface area contributed by atoms with Crippen LogP contribution < -0.4 is 11.1 Å². The van der Waals surface area contributed by atoms with Crippen molar-refractivity contribution in [2.75, 3.05) is 6.54 Å². The van der Waals surface area contributed by atoms with Gasteiger partial charge in [-0.25, -0.2) is 0 Å². The molecule has 0 spiro atoms. The first-order chi connectivity index (χ1) is 10.1. The summed E-state index contributed by atoms with van der Waals surface area (Å²) in [4.78, 5) is 24.3. The Labute approximate surface area is 128 Å². The number of amides is 2. The molecule has 120 valence electrons. The molecule has 0 aromatic rings. The summed E-state index contributed by atoms with van der Waals surface area (Å²) < 4.78 is 0. The summed E-state index contributed by atoms with van der Waals surface area (Å²) >= 11 is 0. The Bertz CT molecular complexity index is 360. The van der Waals surface area contributed by atoms with Gasteiger partial charge in [-0.3, -0.25) is 9.59 Å². The standard InChI is InChI=1S/C17H30N2O2/c1-2-19-17(21)15(11-13-5-3-4-6-13)14(16(18)20)10-9-12-7-8-12/h12-15H,2-11H2,1H3,(H2,18,20)(H,19,21)/t14-,15+/m0/s1. The topological polar surface area (TPSA) is 72.2 Å². The molecule has 0 saturated heterocycles. The van der Waals surface area contributed by atoms with Gasteiger partial charge in [-0.15, -0.1) is 0 Å². The van der Waals surface area contributed by atoms with Gasteiger partial charge in [0.05, 0.1) is 0 Å². The molecular formula is C17H30N2O2. The third kappa shape index (κ3) is 5.01. The van der Waals surface area contributed by atoms with Crippen LogP contribution >= 0.6 is 0 Å². The number of nitrogens with one attached hydrogen (secondary N) is 1. The summed E-state index contributed by atoms with van der Waals surface area (Å²) in [6.07, 6.45) is 10.1. The van der Waals surface area contributed by atoms with Gasteiger partial charge < -0.3 is 11.1 Å². The molecule has 0 unspecified atom stereocenters. The lowest BCUT2D eigenvalue weighted by molar-refractivity contribution is -0.134. The van der Waals surface area contributed by atoms with E-state index in [4.69, 9.17) is 5.73 Å². The second kappa shape index (κ2) is 7.81. The van der Waals surface area contributed by atoms with Crippen LogP contribution in [0.5, 0.6) is 0 Å². The van der Waals surface area contributed by atoms with Gasteiger partial charge in [0.15, 0.2) is 0 Å². The molecule has 21 heavy (non-hydrogen) atoms. The third-order valence-electron chi connectivity index (χ3n) is 5.18. The van der Waals surface area contributed by atoms with Gasteiger partial charge in [-0.1, -0.05) is 38.5 Å². The highest BCUT2D eigenvalue weighted by Gasteiger charge is 2.35. The predicted octanol–water partition coefficient (Wildman–Crippen LogP) is 2.61. The van der Waals surface area contributed by atoms with Gasteiger partial charge in [-0.2, -0.15) is 0 Å². The SMILES string of the molecule is CCNC(=O)[C@H](CC1CCCC1)[C@H](CCC1CC1)C(N)=O. The summed E-state index contributed by atoms with van der Waals surface area (Å²) in [7, 11) is 0. The van der Waals surface area contributed by atoms with E-state index in [1.807, 2.05) is 6.92 Å². The number of carbonyl (C=O) groups is 2. The van der Waals surface area contributed by atoms with Crippen LogP contribution in [-0.4, -0.2) is 18.4 Å². The Kier molecular flexibility index (Phi) is 6.07. The van der Waals surface area contributed by atoms with Gasteiger partial charge in [0.2, 0.25) is 11.8 Å². The molecule has 2 aliphatic carbocycles. The van der Waals surface area contributed by atoms with Gasteiger partial charge in [-0.05, 0) is 38.0 Å². The maximum Gasteiger partial charge on any atom is 0.223 e. The van der Waals surface area contributed by atoms with E-state index in [-0.39, 0.29) is 23.7 Å². The highest BCUT2D eigenvalue weighted by molar-refractivity contribution is 5.86. The van der Waals surface area contributed by atoms with Gasteiger partial charge in [0.25, 0.3) is 0 Å². The second-order valence-electron chi connectivity index (χ2n) is 6.92. The Morgan fingerprint density at radius 2 is 1.76 bits per heavy atom. The zero-order valence-electron chi connectivity index (χ0n) is 13.3. The number of rotatable bonds is 9. The van der Waals surface area contributed by atoms with Gasteiger partial charge in [0.1, 0.15) is 0 Å². The third-order valence-corrected chi connectivity index (χ3v) is 5.18. The summed E-state index contributed by atoms with van der Waals surface area (Å²) in [5.74, 6) is 0.615. The fourth-order valence-corrected chi connectivity index (χ4v) is 3.73. The average Bonchev–Trinajstić information content (AvgIpc) is 3.12. The van der Waals surface area contributed by atoms with Crippen molar-refractivity contribution >= 4 is 11.8 Å². The van der Waals surface area contributed by atoms with Crippen LogP contribution in [0, 0.1) is 23.7 Å². The van der Waals surface area contributed by atoms with Crippen LogP contribution in [0.25, 0.3) is 0 Å². The van der Waals surface area contributed by atoms with Crippen molar-refractivity contribution in [3.8, 4) is 0 Å². The fraction of sp³-hybridized carbons (Fsp3) is 0.882. The summed E-state index contributed by atoms with van der Waals surface area (Å²) in [6.45, 7) is 2.54. The van der Waals surface area contributed by atoms with Gasteiger partial charge >= 0.3 is 0 Å². The fourth-order valence-electron chi connectivity index (χ4n) is 3.73. The van der Waals surface area contributed by atoms with Crippen molar-refractivity contribution in [1.29, 1.82) is 0 Å². The first-order valence-electron chi connectivity index (χ1n) is 8.68. The molecule has 0 heterocycles. The monoisotopic (exact) mass is 294 g/mol. The van der Waals surface area contributed by atoms with E-state index in [2.05, 4.69) is 5.32 Å². The highest BCUT2D eigenvalue weighted by atomic mass is 16.2. The van der Waals surface area contributed by atoms with E-state index in [1.165, 1.54) is 38.5 Å². The molecule has 4 heteroatoms. The molecule has 2 aliphatic rings. The van der Waals surface area contributed by atoms with Crippen LogP contribution in [0.15, 0.2) is 0 Å². The lowest BCUT2D eigenvalue weighted by atomic mass is 9.80. The zero-order chi connectivity index (χ0) is 15.2. The minimum Gasteiger partial charge on any atom is -0.369 e. The van der Waals surface area contributed by atoms with E-state index in [9.17, 15) is 9.59 Å². The second-order valence-corrected chi connectivity index (χ2v) is 6.92. The molecule has 0 bridgehead atoms. The Morgan fingerprint density at radius 3 is 2.29 bits per heavy atom. The summed E-state index contributed by atoms with van der Waals surface area (Å²) in [5, 5.41) is 2.91. The van der Waals surface area contributed by atoms with E-state index in [0.29, 0.717) is 12.5 Å². The number of carbonyl (C=O) groups excluding carboxylic acids is 2. The average molecular weight is 294 g/mol. The maximum atomic E-state index is 12.4. The molecule has 0 radical (unpaired) electrons. The molecule has 2 fully saturated rings. The minimum atomic E-state index is -0.287. The summed E-state index contributed by atoms with van der Waals surface area (Å²) in [6, 6.07) is 0. The van der Waals surface area contributed by atoms with Crippen LogP contribution in [-0.2, 0) is 9.59 Å². The molecule has 0 aliphatic heterocycles. The van der Waals surface area contributed by atoms with E-state index < -0.39 is 0 Å². The first kappa shape index (κ1) is 16.3. The van der Waals surface area contributed by atoms with Crippen molar-refractivity contribution in [2.24, 2.45) is 29.4 Å². The van der Waals surface area contributed by atoms with Crippen LogP contribution in [0.2, 0.25) is 0 Å². The smallest absolute Gasteiger partial charge is 0.223 e. The van der Waals surface area contributed by atoms with E-state index >= 15 is 0 Å². The highest BCUT2D eigenvalue weighted by Crippen LogP contribution is 2.38. The molecule has 4 nitrogen and oxygen atoms in total. The molecule has 2 rings (SSSR count). The van der Waals surface area contributed by atoms with Gasteiger partial charge in [0, 0.05) is 18.4 Å². The molecule has 2 atom stereocenters. The quantitative estimate of drug-likeness (QED) is 0.686. The predicted molar refractivity (Wildman–Crippen MR) is 83.4 cm³/mol.